The van der Waals surface area contributed by atoms with Gasteiger partial charge < -0.3 is 15.5 Å². The van der Waals surface area contributed by atoms with Crippen LogP contribution in [0.2, 0.25) is 0 Å². The van der Waals surface area contributed by atoms with Crippen molar-refractivity contribution in [3.63, 3.8) is 0 Å². The molecule has 6 heteroatoms. The molecular formula is C21H39N5O. The zero-order valence-electron chi connectivity index (χ0n) is 17.3. The van der Waals surface area contributed by atoms with E-state index in [4.69, 9.17) is 0 Å². The summed E-state index contributed by atoms with van der Waals surface area (Å²) in [6, 6.07) is 0. The first kappa shape index (κ1) is 20.4. The summed E-state index contributed by atoms with van der Waals surface area (Å²) in [6.07, 6.45) is 14.2. The molecular weight excluding hydrogens is 338 g/mol. The molecule has 3 aliphatic rings. The van der Waals surface area contributed by atoms with E-state index in [0.29, 0.717) is 6.54 Å². The molecule has 27 heavy (non-hydrogen) atoms. The zero-order chi connectivity index (χ0) is 19.0. The van der Waals surface area contributed by atoms with Crippen molar-refractivity contribution >= 4 is 11.9 Å². The quantitative estimate of drug-likeness (QED) is 0.570. The highest BCUT2D eigenvalue weighted by molar-refractivity contribution is 5.86. The minimum atomic E-state index is 0.195. The summed E-state index contributed by atoms with van der Waals surface area (Å²) in [5, 5.41) is 6.82. The van der Waals surface area contributed by atoms with Gasteiger partial charge in [-0.15, -0.1) is 0 Å². The smallest absolute Gasteiger partial charge is 0.241 e. The first-order valence-electron chi connectivity index (χ1n) is 11.2. The lowest BCUT2D eigenvalue weighted by atomic mass is 9.79. The van der Waals surface area contributed by atoms with Crippen molar-refractivity contribution in [1.82, 2.24) is 20.4 Å². The first-order valence-corrected chi connectivity index (χ1v) is 11.2. The molecule has 2 saturated heterocycles. The monoisotopic (exact) mass is 377 g/mol. The molecule has 154 valence electrons. The van der Waals surface area contributed by atoms with Crippen molar-refractivity contribution in [2.45, 2.75) is 76.2 Å². The van der Waals surface area contributed by atoms with E-state index in [1.54, 1.807) is 7.05 Å². The van der Waals surface area contributed by atoms with Gasteiger partial charge in [0.25, 0.3) is 0 Å². The summed E-state index contributed by atoms with van der Waals surface area (Å²) in [6.45, 7) is 5.57. The van der Waals surface area contributed by atoms with Gasteiger partial charge in [0, 0.05) is 32.2 Å². The molecule has 1 amide bonds. The summed E-state index contributed by atoms with van der Waals surface area (Å²) in [5.74, 6) is 0.961. The summed E-state index contributed by atoms with van der Waals surface area (Å²) in [7, 11) is 1.80. The summed E-state index contributed by atoms with van der Waals surface area (Å²) >= 11 is 0. The van der Waals surface area contributed by atoms with Crippen molar-refractivity contribution in [3.05, 3.63) is 0 Å². The normalized spacial score (nSPS) is 24.5. The summed E-state index contributed by atoms with van der Waals surface area (Å²) < 4.78 is 0. The second-order valence-corrected chi connectivity index (χ2v) is 8.55. The van der Waals surface area contributed by atoms with Gasteiger partial charge in [-0.25, -0.2) is 0 Å². The Balaban J connectivity index is 1.50. The molecule has 0 radical (unpaired) electrons. The third-order valence-electron chi connectivity index (χ3n) is 6.74. The molecule has 0 spiro atoms. The molecule has 1 saturated carbocycles. The Labute approximate surface area is 165 Å². The Morgan fingerprint density at radius 2 is 1.44 bits per heavy atom. The van der Waals surface area contributed by atoms with Crippen molar-refractivity contribution in [2.75, 3.05) is 46.3 Å². The van der Waals surface area contributed by atoms with Crippen LogP contribution in [0.3, 0.4) is 0 Å². The van der Waals surface area contributed by atoms with E-state index in [1.807, 2.05) is 4.90 Å². The highest BCUT2D eigenvalue weighted by Crippen LogP contribution is 2.35. The van der Waals surface area contributed by atoms with E-state index in [-0.39, 0.29) is 11.4 Å². The van der Waals surface area contributed by atoms with Gasteiger partial charge in [0.1, 0.15) is 0 Å². The van der Waals surface area contributed by atoms with Gasteiger partial charge in [-0.05, 0) is 58.0 Å². The number of hydrogen-bond donors (Lipinski definition) is 2. The van der Waals surface area contributed by atoms with Gasteiger partial charge in [0.15, 0.2) is 5.96 Å². The van der Waals surface area contributed by atoms with E-state index in [0.717, 1.165) is 38.4 Å². The van der Waals surface area contributed by atoms with Crippen LogP contribution in [0.15, 0.2) is 4.99 Å². The maximum Gasteiger partial charge on any atom is 0.241 e. The van der Waals surface area contributed by atoms with Crippen LogP contribution >= 0.6 is 0 Å². The standard InChI is InChI=1S/C21H39N5O/c1-22-20(23-17-19(27)25-13-7-3-8-14-25)24-18-21(11-5-2-6-12-21)26-15-9-4-10-16-26/h2-18H2,1H3,(H2,22,23,24). The topological polar surface area (TPSA) is 60.0 Å². The van der Waals surface area contributed by atoms with Gasteiger partial charge in [-0.3, -0.25) is 14.7 Å². The SMILES string of the molecule is CN=C(NCC(=O)N1CCCCC1)NCC1(N2CCCCC2)CCCCC1. The van der Waals surface area contributed by atoms with Crippen LogP contribution < -0.4 is 10.6 Å². The molecule has 0 aromatic heterocycles. The number of carbonyl (C=O) groups excluding carboxylic acids is 1. The van der Waals surface area contributed by atoms with Crippen LogP contribution in [0.25, 0.3) is 0 Å². The fourth-order valence-electron chi connectivity index (χ4n) is 5.07. The number of carbonyl (C=O) groups is 1. The van der Waals surface area contributed by atoms with Crippen LogP contribution in [-0.2, 0) is 4.79 Å². The lowest BCUT2D eigenvalue weighted by Gasteiger charge is -2.48. The Morgan fingerprint density at radius 3 is 2.07 bits per heavy atom. The summed E-state index contributed by atoms with van der Waals surface area (Å²) in [5.41, 5.74) is 0.271. The predicted molar refractivity (Wildman–Crippen MR) is 111 cm³/mol. The molecule has 0 unspecified atom stereocenters. The largest absolute Gasteiger partial charge is 0.355 e. The van der Waals surface area contributed by atoms with Crippen molar-refractivity contribution < 1.29 is 4.79 Å². The van der Waals surface area contributed by atoms with Crippen LogP contribution in [0.1, 0.15) is 70.6 Å². The van der Waals surface area contributed by atoms with Gasteiger partial charge in [-0.1, -0.05) is 25.7 Å². The van der Waals surface area contributed by atoms with Gasteiger partial charge in [-0.2, -0.15) is 0 Å². The Hall–Kier alpha value is -1.30. The molecule has 1 aliphatic carbocycles. The van der Waals surface area contributed by atoms with Crippen LogP contribution in [-0.4, -0.2) is 73.5 Å². The third kappa shape index (κ3) is 5.59. The van der Waals surface area contributed by atoms with E-state index in [9.17, 15) is 4.79 Å². The second-order valence-electron chi connectivity index (χ2n) is 8.55. The fourth-order valence-corrected chi connectivity index (χ4v) is 5.07. The van der Waals surface area contributed by atoms with Crippen molar-refractivity contribution in [3.8, 4) is 0 Å². The molecule has 2 heterocycles. The number of hydrogen-bond acceptors (Lipinski definition) is 3. The number of nitrogens with one attached hydrogen (secondary N) is 2. The molecule has 2 aliphatic heterocycles. The predicted octanol–water partition coefficient (Wildman–Crippen LogP) is 2.35. The van der Waals surface area contributed by atoms with Gasteiger partial charge >= 0.3 is 0 Å². The molecule has 0 bridgehead atoms. The molecule has 6 nitrogen and oxygen atoms in total. The molecule has 0 atom stereocenters. The molecule has 3 rings (SSSR count). The van der Waals surface area contributed by atoms with Gasteiger partial charge in [0.2, 0.25) is 5.91 Å². The minimum Gasteiger partial charge on any atom is -0.355 e. The lowest BCUT2D eigenvalue weighted by Crippen LogP contribution is -2.59. The number of nitrogens with zero attached hydrogens (tertiary/aromatic N) is 3. The number of likely N-dealkylation sites (tertiary alicyclic amines) is 2. The minimum absolute atomic E-state index is 0.195. The Kier molecular flexibility index (Phi) is 7.80. The van der Waals surface area contributed by atoms with E-state index in [1.165, 1.54) is 70.9 Å². The number of piperidine rings is 2. The van der Waals surface area contributed by atoms with E-state index < -0.39 is 0 Å². The Bertz CT molecular complexity index is 489. The number of rotatable bonds is 5. The molecule has 2 N–H and O–H groups in total. The van der Waals surface area contributed by atoms with Crippen LogP contribution in [0.4, 0.5) is 0 Å². The van der Waals surface area contributed by atoms with Gasteiger partial charge in [0.05, 0.1) is 6.54 Å². The lowest BCUT2D eigenvalue weighted by molar-refractivity contribution is -0.130. The maximum atomic E-state index is 12.4. The van der Waals surface area contributed by atoms with E-state index in [2.05, 4.69) is 20.5 Å². The third-order valence-corrected chi connectivity index (χ3v) is 6.74. The molecule has 0 aromatic carbocycles. The van der Waals surface area contributed by atoms with Crippen molar-refractivity contribution in [1.29, 1.82) is 0 Å². The van der Waals surface area contributed by atoms with Crippen LogP contribution in [0.5, 0.6) is 0 Å². The Morgan fingerprint density at radius 1 is 0.852 bits per heavy atom. The molecule has 3 fully saturated rings. The maximum absolute atomic E-state index is 12.4. The van der Waals surface area contributed by atoms with Crippen molar-refractivity contribution in [2.24, 2.45) is 4.99 Å². The average molecular weight is 378 g/mol. The van der Waals surface area contributed by atoms with E-state index >= 15 is 0 Å². The summed E-state index contributed by atoms with van der Waals surface area (Å²) in [4.78, 5) is 21.5. The zero-order valence-corrected chi connectivity index (χ0v) is 17.3. The molecule has 0 aromatic rings. The highest BCUT2D eigenvalue weighted by Gasteiger charge is 2.38. The van der Waals surface area contributed by atoms with Crippen LogP contribution in [0, 0.1) is 0 Å². The average Bonchev–Trinajstić information content (AvgIpc) is 2.75. The highest BCUT2D eigenvalue weighted by atomic mass is 16.2. The number of aliphatic imine (C=N–C) groups is 1. The fraction of sp³-hybridized carbons (Fsp3) is 0.905. The second kappa shape index (κ2) is 10.3. The first-order chi connectivity index (χ1) is 13.2. The number of amides is 1. The number of guanidine groups is 1.